The SMILES string of the molecule is COc1ccc(N2N=NC(C)(C)C2N(Cc2ccccc2)Cc2ccccc2)c([N+](=O)[O-])c1. The molecule has 1 atom stereocenters. The molecule has 8 nitrogen and oxygen atoms in total. The Kier molecular flexibility index (Phi) is 6.37. The van der Waals surface area contributed by atoms with E-state index in [1.807, 2.05) is 50.2 Å². The maximum atomic E-state index is 11.9. The molecule has 3 aromatic carbocycles. The van der Waals surface area contributed by atoms with Crippen LogP contribution >= 0.6 is 0 Å². The van der Waals surface area contributed by atoms with Crippen LogP contribution in [0.15, 0.2) is 89.2 Å². The van der Waals surface area contributed by atoms with Crippen LogP contribution in [0.25, 0.3) is 0 Å². The summed E-state index contributed by atoms with van der Waals surface area (Å²) >= 11 is 0. The van der Waals surface area contributed by atoms with E-state index in [1.165, 1.54) is 13.2 Å². The van der Waals surface area contributed by atoms with Crippen molar-refractivity contribution in [1.29, 1.82) is 0 Å². The van der Waals surface area contributed by atoms with E-state index in [0.29, 0.717) is 24.5 Å². The highest BCUT2D eigenvalue weighted by Gasteiger charge is 2.46. The number of nitro benzene ring substituents is 1. The molecule has 0 fully saturated rings. The first-order valence-electron chi connectivity index (χ1n) is 10.8. The van der Waals surface area contributed by atoms with Gasteiger partial charge in [0.15, 0.2) is 0 Å². The fourth-order valence-electron chi connectivity index (χ4n) is 4.18. The van der Waals surface area contributed by atoms with Crippen molar-refractivity contribution in [3.63, 3.8) is 0 Å². The molecule has 0 aliphatic carbocycles. The molecule has 1 aliphatic rings. The minimum absolute atomic E-state index is 0.0737. The van der Waals surface area contributed by atoms with Crippen molar-refractivity contribution < 1.29 is 9.66 Å². The minimum Gasteiger partial charge on any atom is -0.496 e. The maximum Gasteiger partial charge on any atom is 0.298 e. The third-order valence-electron chi connectivity index (χ3n) is 5.69. The second kappa shape index (κ2) is 9.38. The van der Waals surface area contributed by atoms with Crippen molar-refractivity contribution in [2.45, 2.75) is 38.6 Å². The van der Waals surface area contributed by atoms with Gasteiger partial charge in [0.2, 0.25) is 0 Å². The first kappa shape index (κ1) is 22.4. The van der Waals surface area contributed by atoms with Crippen LogP contribution in [0, 0.1) is 10.1 Å². The Morgan fingerprint density at radius 2 is 1.58 bits per heavy atom. The second-order valence-electron chi connectivity index (χ2n) is 8.55. The van der Waals surface area contributed by atoms with Gasteiger partial charge in [-0.25, -0.2) is 5.01 Å². The van der Waals surface area contributed by atoms with E-state index < -0.39 is 10.5 Å². The van der Waals surface area contributed by atoms with E-state index >= 15 is 0 Å². The molecule has 8 heteroatoms. The lowest BCUT2D eigenvalue weighted by Gasteiger charge is -2.39. The number of benzene rings is 3. The highest BCUT2D eigenvalue weighted by Crippen LogP contribution is 2.41. The van der Waals surface area contributed by atoms with Crippen molar-refractivity contribution in [2.75, 3.05) is 12.1 Å². The summed E-state index contributed by atoms with van der Waals surface area (Å²) in [5.74, 6) is 0.419. The van der Waals surface area contributed by atoms with Crippen LogP contribution < -0.4 is 9.75 Å². The highest BCUT2D eigenvalue weighted by atomic mass is 16.6. The van der Waals surface area contributed by atoms with Crippen molar-refractivity contribution in [2.24, 2.45) is 10.3 Å². The molecule has 0 radical (unpaired) electrons. The maximum absolute atomic E-state index is 11.9. The van der Waals surface area contributed by atoms with E-state index in [9.17, 15) is 10.1 Å². The lowest BCUT2D eigenvalue weighted by molar-refractivity contribution is -0.384. The van der Waals surface area contributed by atoms with Crippen LogP contribution in [-0.4, -0.2) is 28.6 Å². The van der Waals surface area contributed by atoms with E-state index in [2.05, 4.69) is 39.5 Å². The number of nitrogens with zero attached hydrogens (tertiary/aromatic N) is 5. The van der Waals surface area contributed by atoms with Crippen molar-refractivity contribution in [1.82, 2.24) is 4.90 Å². The monoisotopic (exact) mass is 445 g/mol. The number of methoxy groups -OCH3 is 1. The zero-order chi connectivity index (χ0) is 23.4. The normalized spacial score (nSPS) is 16.8. The Morgan fingerprint density at radius 3 is 2.09 bits per heavy atom. The van der Waals surface area contributed by atoms with E-state index in [1.54, 1.807) is 17.1 Å². The Morgan fingerprint density at radius 1 is 1.00 bits per heavy atom. The summed E-state index contributed by atoms with van der Waals surface area (Å²) in [5.41, 5.74) is 1.99. The molecule has 0 amide bonds. The summed E-state index contributed by atoms with van der Waals surface area (Å²) in [6, 6.07) is 25.1. The van der Waals surface area contributed by atoms with Crippen LogP contribution in [0.3, 0.4) is 0 Å². The number of nitro groups is 1. The Balaban J connectivity index is 1.77. The van der Waals surface area contributed by atoms with Gasteiger partial charge in [0.05, 0.1) is 18.1 Å². The van der Waals surface area contributed by atoms with Gasteiger partial charge < -0.3 is 4.74 Å². The topological polar surface area (TPSA) is 83.6 Å². The van der Waals surface area contributed by atoms with Crippen LogP contribution in [0.1, 0.15) is 25.0 Å². The van der Waals surface area contributed by atoms with Crippen LogP contribution in [-0.2, 0) is 13.1 Å². The van der Waals surface area contributed by atoms with Gasteiger partial charge in [-0.3, -0.25) is 15.0 Å². The lowest BCUT2D eigenvalue weighted by Crippen LogP contribution is -2.53. The van der Waals surface area contributed by atoms with Crippen molar-refractivity contribution in [3.05, 3.63) is 100 Å². The Hall–Kier alpha value is -3.78. The summed E-state index contributed by atoms with van der Waals surface area (Å²) in [6.45, 7) is 5.27. The predicted octanol–water partition coefficient (Wildman–Crippen LogP) is 5.60. The largest absolute Gasteiger partial charge is 0.496 e. The van der Waals surface area contributed by atoms with Gasteiger partial charge in [0.1, 0.15) is 23.1 Å². The smallest absolute Gasteiger partial charge is 0.298 e. The summed E-state index contributed by atoms with van der Waals surface area (Å²) in [7, 11) is 1.49. The zero-order valence-electron chi connectivity index (χ0n) is 19.0. The molecule has 0 N–H and O–H groups in total. The molecule has 0 saturated carbocycles. The highest BCUT2D eigenvalue weighted by molar-refractivity contribution is 5.66. The number of hydrogen-bond acceptors (Lipinski definition) is 7. The Bertz CT molecular complexity index is 1090. The summed E-state index contributed by atoms with van der Waals surface area (Å²) in [6.07, 6.45) is -0.343. The number of ether oxygens (including phenoxy) is 1. The standard InChI is InChI=1S/C25H27N5O3/c1-25(2)24(29(27-26-25)22-15-14-21(33-3)16-23(22)30(31)32)28(17-19-10-6-4-7-11-19)18-20-12-8-5-9-13-20/h4-16,24H,17-18H2,1-3H3. The molecule has 170 valence electrons. The van der Waals surface area contributed by atoms with Gasteiger partial charge in [-0.15, -0.1) is 0 Å². The molecule has 4 rings (SSSR count). The molecule has 1 unspecified atom stereocenters. The quantitative estimate of drug-likeness (QED) is 0.333. The van der Waals surface area contributed by atoms with Gasteiger partial charge in [-0.05, 0) is 37.1 Å². The molecule has 0 aromatic heterocycles. The van der Waals surface area contributed by atoms with E-state index in [-0.39, 0.29) is 11.9 Å². The molecule has 1 heterocycles. The summed E-state index contributed by atoms with van der Waals surface area (Å²) in [4.78, 5) is 13.8. The molecule has 33 heavy (non-hydrogen) atoms. The summed E-state index contributed by atoms with van der Waals surface area (Å²) < 4.78 is 5.21. The third-order valence-corrected chi connectivity index (χ3v) is 5.69. The zero-order valence-corrected chi connectivity index (χ0v) is 19.0. The number of rotatable bonds is 8. The van der Waals surface area contributed by atoms with Gasteiger partial charge in [-0.2, -0.15) is 5.11 Å². The van der Waals surface area contributed by atoms with Crippen LogP contribution in [0.4, 0.5) is 11.4 Å². The van der Waals surface area contributed by atoms with E-state index in [4.69, 9.17) is 4.74 Å². The predicted molar refractivity (Wildman–Crippen MR) is 127 cm³/mol. The lowest BCUT2D eigenvalue weighted by atomic mass is 9.99. The summed E-state index contributed by atoms with van der Waals surface area (Å²) in [5, 5.41) is 22.5. The van der Waals surface area contributed by atoms with Crippen molar-refractivity contribution >= 4 is 11.4 Å². The van der Waals surface area contributed by atoms with Gasteiger partial charge in [0, 0.05) is 13.1 Å². The second-order valence-corrected chi connectivity index (χ2v) is 8.55. The minimum atomic E-state index is -0.600. The number of hydrogen-bond donors (Lipinski definition) is 0. The first-order valence-corrected chi connectivity index (χ1v) is 10.8. The third kappa shape index (κ3) is 4.85. The fourth-order valence-corrected chi connectivity index (χ4v) is 4.18. The average molecular weight is 446 g/mol. The molecule has 0 bridgehead atoms. The molecule has 0 saturated heterocycles. The molecular weight excluding hydrogens is 418 g/mol. The van der Waals surface area contributed by atoms with Crippen LogP contribution in [0.5, 0.6) is 5.75 Å². The molecule has 0 spiro atoms. The first-order chi connectivity index (χ1) is 15.9. The fraction of sp³-hybridized carbons (Fsp3) is 0.280. The van der Waals surface area contributed by atoms with Crippen LogP contribution in [0.2, 0.25) is 0 Å². The van der Waals surface area contributed by atoms with Gasteiger partial charge in [-0.1, -0.05) is 65.9 Å². The Labute approximate surface area is 193 Å². The molecular formula is C25H27N5O3. The van der Waals surface area contributed by atoms with Gasteiger partial charge >= 0.3 is 0 Å². The van der Waals surface area contributed by atoms with Crippen molar-refractivity contribution in [3.8, 4) is 5.75 Å². The molecule has 3 aromatic rings. The van der Waals surface area contributed by atoms with E-state index in [0.717, 1.165) is 11.1 Å². The molecule has 1 aliphatic heterocycles. The van der Waals surface area contributed by atoms with Gasteiger partial charge in [0.25, 0.3) is 5.69 Å². The number of anilines is 1. The average Bonchev–Trinajstić information content (AvgIpc) is 3.14.